The van der Waals surface area contributed by atoms with Gasteiger partial charge < -0.3 is 4.74 Å². The van der Waals surface area contributed by atoms with Crippen LogP contribution in [0.3, 0.4) is 0 Å². The lowest BCUT2D eigenvalue weighted by molar-refractivity contribution is -0.385. The zero-order chi connectivity index (χ0) is 23.5. The van der Waals surface area contributed by atoms with E-state index in [1.54, 1.807) is 18.2 Å². The molecule has 0 saturated carbocycles. The van der Waals surface area contributed by atoms with Gasteiger partial charge in [-0.1, -0.05) is 35.9 Å². The number of nitrogens with zero attached hydrogens (tertiary/aromatic N) is 3. The number of non-ortho nitro benzene ring substituents is 2. The molecule has 0 heterocycles. The van der Waals surface area contributed by atoms with Gasteiger partial charge in [-0.15, -0.1) is 0 Å². The highest BCUT2D eigenvalue weighted by Crippen LogP contribution is 2.36. The lowest BCUT2D eigenvalue weighted by Crippen LogP contribution is -2.31. The number of methoxy groups -OCH3 is 1. The second kappa shape index (κ2) is 9.20. The topological polar surface area (TPSA) is 133 Å². The van der Waals surface area contributed by atoms with Gasteiger partial charge in [0.1, 0.15) is 10.6 Å². The molecule has 0 aliphatic heterocycles. The van der Waals surface area contributed by atoms with Gasteiger partial charge in [0, 0.05) is 24.3 Å². The molecule has 0 bridgehead atoms. The molecule has 166 valence electrons. The van der Waals surface area contributed by atoms with Gasteiger partial charge >= 0.3 is 0 Å². The standard InChI is InChI=1S/C20H16ClN3O7S/c1-31-19-8-3-2-7-18(19)22(13-14-5-4-6-15(11-14)23(25)26)32(29,30)20-12-16(24(27)28)9-10-17(20)21/h2-12H,13H2,1H3. The molecule has 0 N–H and O–H groups in total. The Hall–Kier alpha value is -3.70. The molecule has 0 amide bonds. The fourth-order valence-corrected chi connectivity index (χ4v) is 4.95. The number of rotatable bonds is 8. The van der Waals surface area contributed by atoms with Crippen molar-refractivity contribution in [2.24, 2.45) is 0 Å². The van der Waals surface area contributed by atoms with E-state index in [9.17, 15) is 28.6 Å². The number of ether oxygens (including phenoxy) is 1. The zero-order valence-corrected chi connectivity index (χ0v) is 18.1. The fraction of sp³-hybridized carbons (Fsp3) is 0.100. The molecule has 0 aromatic heterocycles. The van der Waals surface area contributed by atoms with E-state index in [0.717, 1.165) is 22.5 Å². The Labute approximate surface area is 188 Å². The molecule has 0 fully saturated rings. The maximum atomic E-state index is 13.6. The van der Waals surface area contributed by atoms with Crippen molar-refractivity contribution in [3.8, 4) is 5.75 Å². The van der Waals surface area contributed by atoms with Gasteiger partial charge in [0.15, 0.2) is 0 Å². The fourth-order valence-electron chi connectivity index (χ4n) is 2.99. The highest BCUT2D eigenvalue weighted by molar-refractivity contribution is 7.93. The molecule has 3 aromatic carbocycles. The van der Waals surface area contributed by atoms with E-state index >= 15 is 0 Å². The van der Waals surface area contributed by atoms with Crippen molar-refractivity contribution in [2.45, 2.75) is 11.4 Å². The Morgan fingerprint density at radius 2 is 1.59 bits per heavy atom. The molecule has 32 heavy (non-hydrogen) atoms. The van der Waals surface area contributed by atoms with Crippen molar-refractivity contribution in [1.82, 2.24) is 0 Å². The van der Waals surface area contributed by atoms with Gasteiger partial charge in [0.05, 0.1) is 34.2 Å². The van der Waals surface area contributed by atoms with E-state index in [4.69, 9.17) is 16.3 Å². The van der Waals surface area contributed by atoms with Crippen LogP contribution in [0.5, 0.6) is 5.75 Å². The summed E-state index contributed by atoms with van der Waals surface area (Å²) in [5, 5.41) is 22.1. The lowest BCUT2D eigenvalue weighted by Gasteiger charge is -2.26. The molecule has 3 rings (SSSR count). The first-order valence-corrected chi connectivity index (χ1v) is 10.8. The maximum absolute atomic E-state index is 13.6. The Morgan fingerprint density at radius 3 is 2.25 bits per heavy atom. The minimum atomic E-state index is -4.46. The van der Waals surface area contributed by atoms with E-state index < -0.39 is 30.5 Å². The predicted molar refractivity (Wildman–Crippen MR) is 118 cm³/mol. The summed E-state index contributed by atoms with van der Waals surface area (Å²) >= 11 is 6.11. The Kier molecular flexibility index (Phi) is 6.61. The number of anilines is 1. The number of sulfonamides is 1. The number of nitro benzene ring substituents is 2. The number of benzene rings is 3. The first kappa shape index (κ1) is 23.0. The molecule has 0 atom stereocenters. The predicted octanol–water partition coefficient (Wildman–Crippen LogP) is 4.56. The van der Waals surface area contributed by atoms with Crippen LogP contribution < -0.4 is 9.04 Å². The van der Waals surface area contributed by atoms with E-state index in [2.05, 4.69) is 0 Å². The molecule has 0 spiro atoms. The summed E-state index contributed by atoms with van der Waals surface area (Å²) in [6.07, 6.45) is 0. The summed E-state index contributed by atoms with van der Waals surface area (Å²) in [7, 11) is -3.10. The van der Waals surface area contributed by atoms with Crippen molar-refractivity contribution in [1.29, 1.82) is 0 Å². The maximum Gasteiger partial charge on any atom is 0.270 e. The number of hydrogen-bond acceptors (Lipinski definition) is 7. The second-order valence-electron chi connectivity index (χ2n) is 6.48. The molecule has 0 aliphatic carbocycles. The summed E-state index contributed by atoms with van der Waals surface area (Å²) in [6.45, 7) is -0.316. The van der Waals surface area contributed by atoms with Crippen LogP contribution in [0.1, 0.15) is 5.56 Å². The molecular weight excluding hydrogens is 462 g/mol. The van der Waals surface area contributed by atoms with Crippen molar-refractivity contribution in [3.05, 3.63) is 97.5 Å². The Morgan fingerprint density at radius 1 is 0.938 bits per heavy atom. The third-order valence-corrected chi connectivity index (χ3v) is 6.74. The summed E-state index contributed by atoms with van der Waals surface area (Å²) in [5.74, 6) is 0.211. The van der Waals surface area contributed by atoms with Crippen LogP contribution in [0.15, 0.2) is 71.6 Å². The van der Waals surface area contributed by atoms with E-state index in [-0.39, 0.29) is 28.7 Å². The smallest absolute Gasteiger partial charge is 0.270 e. The van der Waals surface area contributed by atoms with Crippen LogP contribution in [0.2, 0.25) is 5.02 Å². The molecule has 10 nitrogen and oxygen atoms in total. The molecule has 12 heteroatoms. The molecule has 0 saturated heterocycles. The zero-order valence-electron chi connectivity index (χ0n) is 16.5. The first-order chi connectivity index (χ1) is 15.1. The number of hydrogen-bond donors (Lipinski definition) is 0. The summed E-state index contributed by atoms with van der Waals surface area (Å²) in [4.78, 5) is 20.5. The molecule has 0 radical (unpaired) electrons. The van der Waals surface area contributed by atoms with E-state index in [1.165, 1.54) is 37.4 Å². The number of para-hydroxylation sites is 2. The summed E-state index contributed by atoms with van der Waals surface area (Å²) in [5.41, 5.74) is -0.226. The third kappa shape index (κ3) is 4.63. The van der Waals surface area contributed by atoms with Crippen LogP contribution >= 0.6 is 11.6 Å². The van der Waals surface area contributed by atoms with E-state index in [0.29, 0.717) is 5.56 Å². The van der Waals surface area contributed by atoms with E-state index in [1.807, 2.05) is 0 Å². The molecule has 0 aliphatic rings. The third-order valence-electron chi connectivity index (χ3n) is 4.50. The van der Waals surface area contributed by atoms with Crippen molar-refractivity contribution < 1.29 is 23.0 Å². The van der Waals surface area contributed by atoms with Gasteiger partial charge in [-0.05, 0) is 23.8 Å². The van der Waals surface area contributed by atoms with Gasteiger partial charge in [-0.3, -0.25) is 24.5 Å². The molecular formula is C20H16ClN3O7S. The largest absolute Gasteiger partial charge is 0.495 e. The lowest BCUT2D eigenvalue weighted by atomic mass is 10.2. The number of halogens is 1. The highest BCUT2D eigenvalue weighted by atomic mass is 35.5. The van der Waals surface area contributed by atoms with Crippen LogP contribution in [0.25, 0.3) is 0 Å². The Balaban J connectivity index is 2.21. The monoisotopic (exact) mass is 477 g/mol. The van der Waals surface area contributed by atoms with Crippen LogP contribution in [0.4, 0.5) is 17.1 Å². The van der Waals surface area contributed by atoms with Crippen LogP contribution in [0, 0.1) is 20.2 Å². The van der Waals surface area contributed by atoms with Gasteiger partial charge in [0.2, 0.25) is 0 Å². The second-order valence-corrected chi connectivity index (χ2v) is 8.72. The number of nitro groups is 2. The average Bonchev–Trinajstić information content (AvgIpc) is 2.77. The SMILES string of the molecule is COc1ccccc1N(Cc1cccc([N+](=O)[O-])c1)S(=O)(=O)c1cc([N+](=O)[O-])ccc1Cl. The van der Waals surface area contributed by atoms with Crippen LogP contribution in [-0.2, 0) is 16.6 Å². The minimum absolute atomic E-state index is 0.129. The Bertz CT molecular complexity index is 1300. The normalized spacial score (nSPS) is 11.1. The summed E-state index contributed by atoms with van der Waals surface area (Å²) in [6, 6.07) is 14.8. The average molecular weight is 478 g/mol. The van der Waals surface area contributed by atoms with Gasteiger partial charge in [-0.2, -0.15) is 0 Å². The minimum Gasteiger partial charge on any atom is -0.495 e. The van der Waals surface area contributed by atoms with Gasteiger partial charge in [0.25, 0.3) is 21.4 Å². The summed E-state index contributed by atoms with van der Waals surface area (Å²) < 4.78 is 33.5. The van der Waals surface area contributed by atoms with Gasteiger partial charge in [-0.25, -0.2) is 8.42 Å². The van der Waals surface area contributed by atoms with Crippen molar-refractivity contribution >= 4 is 38.7 Å². The van der Waals surface area contributed by atoms with Crippen molar-refractivity contribution in [3.63, 3.8) is 0 Å². The highest BCUT2D eigenvalue weighted by Gasteiger charge is 2.31. The quantitative estimate of drug-likeness (QED) is 0.343. The van der Waals surface area contributed by atoms with Crippen molar-refractivity contribution in [2.75, 3.05) is 11.4 Å². The first-order valence-electron chi connectivity index (χ1n) is 8.98. The van der Waals surface area contributed by atoms with Crippen LogP contribution in [-0.4, -0.2) is 25.4 Å². The molecule has 0 unspecified atom stereocenters. The molecule has 3 aromatic rings.